The van der Waals surface area contributed by atoms with E-state index in [1.54, 1.807) is 18.2 Å². The van der Waals surface area contributed by atoms with Gasteiger partial charge in [-0.05, 0) is 30.5 Å². The van der Waals surface area contributed by atoms with Crippen molar-refractivity contribution in [2.45, 2.75) is 33.2 Å². The molecular weight excluding hydrogens is 299 g/mol. The van der Waals surface area contributed by atoms with Gasteiger partial charge in [-0.3, -0.25) is 4.79 Å². The van der Waals surface area contributed by atoms with Gasteiger partial charge < -0.3 is 15.8 Å². The van der Waals surface area contributed by atoms with Crippen molar-refractivity contribution in [1.82, 2.24) is 0 Å². The molecule has 6 heteroatoms. The zero-order valence-corrected chi connectivity index (χ0v) is 13.6. The number of carbonyl (C=O) groups is 1. The Morgan fingerprint density at radius 1 is 1.45 bits per heavy atom. The molecule has 1 aromatic rings. The number of hydrogen-bond acceptors (Lipinski definition) is 3. The molecule has 0 heterocycles. The Morgan fingerprint density at radius 3 is 2.60 bits per heavy atom. The highest BCUT2D eigenvalue weighted by atomic mass is 35.5. The van der Waals surface area contributed by atoms with Crippen LogP contribution in [0.25, 0.3) is 0 Å². The normalized spacial score (nSPS) is 11.7. The summed E-state index contributed by atoms with van der Waals surface area (Å²) in [5.41, 5.74) is 6.39. The number of nitrogens with one attached hydrogen (secondary N) is 1. The Labute approximate surface area is 131 Å². The summed E-state index contributed by atoms with van der Waals surface area (Å²) in [4.78, 5) is 11.8. The molecular formula is C14H22Cl2N2O2. The van der Waals surface area contributed by atoms with Gasteiger partial charge >= 0.3 is 0 Å². The zero-order valence-electron chi connectivity index (χ0n) is 12.0. The van der Waals surface area contributed by atoms with Gasteiger partial charge in [0, 0.05) is 5.69 Å². The predicted molar refractivity (Wildman–Crippen MR) is 85.9 cm³/mol. The fraction of sp³-hybridized carbons (Fsp3) is 0.500. The lowest BCUT2D eigenvalue weighted by atomic mass is 10.0. The maximum Gasteiger partial charge on any atom is 0.241 e. The minimum atomic E-state index is -0.533. The molecule has 0 aliphatic heterocycles. The van der Waals surface area contributed by atoms with Crippen LogP contribution in [0.3, 0.4) is 0 Å². The molecule has 1 atom stereocenters. The van der Waals surface area contributed by atoms with Gasteiger partial charge in [0.1, 0.15) is 5.75 Å². The monoisotopic (exact) mass is 320 g/mol. The van der Waals surface area contributed by atoms with Crippen LogP contribution in [0, 0.1) is 5.92 Å². The molecule has 3 N–H and O–H groups in total. The Hall–Kier alpha value is -0.970. The van der Waals surface area contributed by atoms with Crippen LogP contribution < -0.4 is 15.8 Å². The van der Waals surface area contributed by atoms with Crippen molar-refractivity contribution in [3.05, 3.63) is 23.2 Å². The number of amides is 1. The van der Waals surface area contributed by atoms with Crippen molar-refractivity contribution in [3.63, 3.8) is 0 Å². The summed E-state index contributed by atoms with van der Waals surface area (Å²) in [6.07, 6.45) is 0.915. The quantitative estimate of drug-likeness (QED) is 0.843. The van der Waals surface area contributed by atoms with Crippen molar-refractivity contribution in [3.8, 4) is 5.75 Å². The fourth-order valence-corrected chi connectivity index (χ4v) is 1.67. The van der Waals surface area contributed by atoms with Gasteiger partial charge in [-0.1, -0.05) is 32.4 Å². The SMILES string of the molecule is CCCOc1ccc(NC(=O)[C@@H](N)C(C)C)cc1Cl.Cl. The standard InChI is InChI=1S/C14H21ClN2O2.ClH/c1-4-7-19-12-6-5-10(8-11(12)15)17-14(18)13(16)9(2)3;/h5-6,8-9,13H,4,7,16H2,1-3H3,(H,17,18);1H/t13-;/m0./s1. The first-order valence-electron chi connectivity index (χ1n) is 6.44. The smallest absolute Gasteiger partial charge is 0.241 e. The minimum absolute atomic E-state index is 0. The third-order valence-corrected chi connectivity index (χ3v) is 2.98. The molecule has 20 heavy (non-hydrogen) atoms. The molecule has 0 aromatic heterocycles. The molecule has 1 amide bonds. The van der Waals surface area contributed by atoms with Crippen LogP contribution in [-0.4, -0.2) is 18.6 Å². The van der Waals surface area contributed by atoms with Crippen LogP contribution in [0.15, 0.2) is 18.2 Å². The van der Waals surface area contributed by atoms with Gasteiger partial charge in [-0.15, -0.1) is 12.4 Å². The molecule has 0 bridgehead atoms. The van der Waals surface area contributed by atoms with Crippen LogP contribution in [-0.2, 0) is 4.79 Å². The third kappa shape index (κ3) is 5.57. The second kappa shape index (κ2) is 9.06. The molecule has 114 valence electrons. The lowest BCUT2D eigenvalue weighted by Gasteiger charge is -2.16. The predicted octanol–water partition coefficient (Wildman–Crippen LogP) is 3.47. The summed E-state index contributed by atoms with van der Waals surface area (Å²) in [7, 11) is 0. The summed E-state index contributed by atoms with van der Waals surface area (Å²) in [6.45, 7) is 6.44. The maximum atomic E-state index is 11.8. The van der Waals surface area contributed by atoms with Crippen LogP contribution in [0.4, 0.5) is 5.69 Å². The number of hydrogen-bond donors (Lipinski definition) is 2. The Kier molecular flexibility index (Phi) is 8.62. The first-order chi connectivity index (χ1) is 8.95. The molecule has 0 spiro atoms. The minimum Gasteiger partial charge on any atom is -0.492 e. The number of halogens is 2. The number of rotatable bonds is 6. The van der Waals surface area contributed by atoms with E-state index in [1.807, 2.05) is 20.8 Å². The molecule has 0 saturated heterocycles. The van der Waals surface area contributed by atoms with Gasteiger partial charge in [-0.25, -0.2) is 0 Å². The average Bonchev–Trinajstić information content (AvgIpc) is 2.36. The third-order valence-electron chi connectivity index (χ3n) is 2.68. The molecule has 4 nitrogen and oxygen atoms in total. The molecule has 0 saturated carbocycles. The topological polar surface area (TPSA) is 64.3 Å². The summed E-state index contributed by atoms with van der Waals surface area (Å²) >= 11 is 6.08. The van der Waals surface area contributed by atoms with Crippen LogP contribution in [0.1, 0.15) is 27.2 Å². The molecule has 0 aliphatic carbocycles. The van der Waals surface area contributed by atoms with Crippen LogP contribution in [0.2, 0.25) is 5.02 Å². The van der Waals surface area contributed by atoms with Gasteiger partial charge in [0.15, 0.2) is 0 Å². The van der Waals surface area contributed by atoms with E-state index in [9.17, 15) is 4.79 Å². The largest absolute Gasteiger partial charge is 0.492 e. The van der Waals surface area contributed by atoms with E-state index < -0.39 is 6.04 Å². The summed E-state index contributed by atoms with van der Waals surface area (Å²) in [5.74, 6) is 0.491. The molecule has 0 unspecified atom stereocenters. The van der Waals surface area contributed by atoms with E-state index >= 15 is 0 Å². The van der Waals surface area contributed by atoms with E-state index in [4.69, 9.17) is 22.1 Å². The number of benzene rings is 1. The highest BCUT2D eigenvalue weighted by molar-refractivity contribution is 6.32. The molecule has 0 fully saturated rings. The van der Waals surface area contributed by atoms with Crippen molar-refractivity contribution in [2.75, 3.05) is 11.9 Å². The van der Waals surface area contributed by atoms with Crippen LogP contribution >= 0.6 is 24.0 Å². The van der Waals surface area contributed by atoms with Gasteiger partial charge in [0.25, 0.3) is 0 Å². The molecule has 0 radical (unpaired) electrons. The van der Waals surface area contributed by atoms with Crippen LogP contribution in [0.5, 0.6) is 5.75 Å². The highest BCUT2D eigenvalue weighted by Gasteiger charge is 2.17. The molecule has 1 rings (SSSR count). The second-order valence-corrected chi connectivity index (χ2v) is 5.16. The Morgan fingerprint density at radius 2 is 2.10 bits per heavy atom. The maximum absolute atomic E-state index is 11.8. The van der Waals surface area contributed by atoms with E-state index in [2.05, 4.69) is 5.32 Å². The number of nitrogens with two attached hydrogens (primary N) is 1. The zero-order chi connectivity index (χ0) is 14.4. The second-order valence-electron chi connectivity index (χ2n) is 4.75. The molecule has 1 aromatic carbocycles. The van der Waals surface area contributed by atoms with Crippen molar-refractivity contribution in [2.24, 2.45) is 11.7 Å². The number of ether oxygens (including phenoxy) is 1. The summed E-state index contributed by atoms with van der Waals surface area (Å²) in [6, 6.07) is 4.63. The first kappa shape index (κ1) is 19.0. The Bertz CT molecular complexity index is 439. The van der Waals surface area contributed by atoms with Gasteiger partial charge in [0.2, 0.25) is 5.91 Å². The summed E-state index contributed by atoms with van der Waals surface area (Å²) < 4.78 is 5.46. The number of anilines is 1. The van der Waals surface area contributed by atoms with Crippen molar-refractivity contribution in [1.29, 1.82) is 0 Å². The van der Waals surface area contributed by atoms with Crippen molar-refractivity contribution < 1.29 is 9.53 Å². The summed E-state index contributed by atoms with van der Waals surface area (Å²) in [5, 5.41) is 3.22. The van der Waals surface area contributed by atoms with Gasteiger partial charge in [0.05, 0.1) is 17.7 Å². The van der Waals surface area contributed by atoms with E-state index in [1.165, 1.54) is 0 Å². The van der Waals surface area contributed by atoms with Crippen molar-refractivity contribution >= 4 is 35.6 Å². The Balaban J connectivity index is 0.00000361. The van der Waals surface area contributed by atoms with E-state index in [0.717, 1.165) is 6.42 Å². The lowest BCUT2D eigenvalue weighted by Crippen LogP contribution is -2.39. The highest BCUT2D eigenvalue weighted by Crippen LogP contribution is 2.27. The van der Waals surface area contributed by atoms with E-state index in [0.29, 0.717) is 23.1 Å². The first-order valence-corrected chi connectivity index (χ1v) is 6.82. The van der Waals surface area contributed by atoms with E-state index in [-0.39, 0.29) is 24.2 Å². The molecule has 0 aliphatic rings. The van der Waals surface area contributed by atoms with Gasteiger partial charge in [-0.2, -0.15) is 0 Å². The fourth-order valence-electron chi connectivity index (χ4n) is 1.44. The number of carbonyl (C=O) groups excluding carboxylic acids is 1. The average molecular weight is 321 g/mol. The lowest BCUT2D eigenvalue weighted by molar-refractivity contribution is -0.118.